The SMILES string of the molecule is CSc1ccccc1Oc1ncc(C(=O)O)cc1Cl. The minimum absolute atomic E-state index is 0.0236. The molecule has 4 nitrogen and oxygen atoms in total. The van der Waals surface area contributed by atoms with Gasteiger partial charge >= 0.3 is 5.97 Å². The molecule has 0 saturated carbocycles. The van der Waals surface area contributed by atoms with Crippen LogP contribution >= 0.6 is 23.4 Å². The molecule has 1 heterocycles. The van der Waals surface area contributed by atoms with Gasteiger partial charge < -0.3 is 9.84 Å². The van der Waals surface area contributed by atoms with Gasteiger partial charge in [0.2, 0.25) is 5.88 Å². The van der Waals surface area contributed by atoms with Gasteiger partial charge in [0, 0.05) is 11.1 Å². The molecule has 0 bridgehead atoms. The van der Waals surface area contributed by atoms with Gasteiger partial charge in [-0.15, -0.1) is 11.8 Å². The topological polar surface area (TPSA) is 59.4 Å². The van der Waals surface area contributed by atoms with Crippen LogP contribution in [0.5, 0.6) is 11.6 Å². The highest BCUT2D eigenvalue weighted by Gasteiger charge is 2.11. The highest BCUT2D eigenvalue weighted by molar-refractivity contribution is 7.98. The van der Waals surface area contributed by atoms with Gasteiger partial charge in [0.25, 0.3) is 0 Å². The number of nitrogens with zero attached hydrogens (tertiary/aromatic N) is 1. The van der Waals surface area contributed by atoms with Crippen molar-refractivity contribution in [1.82, 2.24) is 4.98 Å². The minimum atomic E-state index is -1.08. The fraction of sp³-hybridized carbons (Fsp3) is 0.0769. The smallest absolute Gasteiger partial charge is 0.337 e. The number of halogens is 1. The van der Waals surface area contributed by atoms with Crippen LogP contribution in [0, 0.1) is 0 Å². The highest BCUT2D eigenvalue weighted by atomic mass is 35.5. The van der Waals surface area contributed by atoms with E-state index in [1.807, 2.05) is 24.5 Å². The molecule has 0 radical (unpaired) electrons. The average molecular weight is 296 g/mol. The van der Waals surface area contributed by atoms with E-state index in [4.69, 9.17) is 21.4 Å². The van der Waals surface area contributed by atoms with E-state index in [1.54, 1.807) is 6.07 Å². The van der Waals surface area contributed by atoms with Gasteiger partial charge in [-0.3, -0.25) is 0 Å². The number of pyridine rings is 1. The number of carboxylic acids is 1. The van der Waals surface area contributed by atoms with Crippen LogP contribution in [0.25, 0.3) is 0 Å². The van der Waals surface area contributed by atoms with Gasteiger partial charge in [0.05, 0.1) is 5.56 Å². The van der Waals surface area contributed by atoms with Crippen molar-refractivity contribution in [2.45, 2.75) is 4.90 Å². The van der Waals surface area contributed by atoms with Crippen LogP contribution in [0.3, 0.4) is 0 Å². The highest BCUT2D eigenvalue weighted by Crippen LogP contribution is 2.33. The number of aromatic carboxylic acids is 1. The van der Waals surface area contributed by atoms with Gasteiger partial charge in [-0.2, -0.15) is 0 Å². The molecule has 0 amide bonds. The second-order valence-corrected chi connectivity index (χ2v) is 4.82. The molecule has 98 valence electrons. The quantitative estimate of drug-likeness (QED) is 0.866. The van der Waals surface area contributed by atoms with Gasteiger partial charge in [-0.1, -0.05) is 23.7 Å². The standard InChI is InChI=1S/C13H10ClNO3S/c1-19-11-5-3-2-4-10(11)18-12-9(14)6-8(7-15-12)13(16)17/h2-7H,1H3,(H,16,17). The van der Waals surface area contributed by atoms with E-state index >= 15 is 0 Å². The number of rotatable bonds is 4. The molecular formula is C13H10ClNO3S. The third-order valence-electron chi connectivity index (χ3n) is 2.33. The van der Waals surface area contributed by atoms with Crippen molar-refractivity contribution in [3.05, 3.63) is 47.1 Å². The number of aromatic nitrogens is 1. The number of hydrogen-bond donors (Lipinski definition) is 1. The number of carbonyl (C=O) groups is 1. The summed E-state index contributed by atoms with van der Waals surface area (Å²) in [6, 6.07) is 8.78. The molecule has 2 aromatic rings. The van der Waals surface area contributed by atoms with Gasteiger partial charge in [-0.05, 0) is 24.5 Å². The summed E-state index contributed by atoms with van der Waals surface area (Å²) in [5.41, 5.74) is 0.0236. The molecular weight excluding hydrogens is 286 g/mol. The number of carboxylic acid groups (broad SMARTS) is 1. The first-order chi connectivity index (χ1) is 9.11. The van der Waals surface area contributed by atoms with E-state index in [1.165, 1.54) is 24.0 Å². The summed E-state index contributed by atoms with van der Waals surface area (Å²) in [6.07, 6.45) is 3.15. The number of hydrogen-bond acceptors (Lipinski definition) is 4. The zero-order valence-corrected chi connectivity index (χ0v) is 11.5. The van der Waals surface area contributed by atoms with Crippen molar-refractivity contribution in [2.75, 3.05) is 6.26 Å². The number of thioether (sulfide) groups is 1. The lowest BCUT2D eigenvalue weighted by Gasteiger charge is -2.09. The first-order valence-corrected chi connectivity index (χ1v) is 6.92. The van der Waals surface area contributed by atoms with Crippen LogP contribution in [-0.4, -0.2) is 22.3 Å². The van der Waals surface area contributed by atoms with Gasteiger partial charge in [-0.25, -0.2) is 9.78 Å². The third kappa shape index (κ3) is 3.19. The minimum Gasteiger partial charge on any atom is -0.478 e. The number of para-hydroxylation sites is 1. The molecule has 0 aliphatic rings. The Kier molecular flexibility index (Phi) is 4.29. The van der Waals surface area contributed by atoms with Crippen LogP contribution in [-0.2, 0) is 0 Å². The Hall–Kier alpha value is -1.72. The van der Waals surface area contributed by atoms with Crippen molar-refractivity contribution < 1.29 is 14.6 Å². The fourth-order valence-corrected chi connectivity index (χ4v) is 2.16. The van der Waals surface area contributed by atoms with E-state index in [0.29, 0.717) is 5.75 Å². The predicted octanol–water partition coefficient (Wildman–Crippen LogP) is 3.95. The molecule has 6 heteroatoms. The lowest BCUT2D eigenvalue weighted by Crippen LogP contribution is -1.98. The van der Waals surface area contributed by atoms with Crippen molar-refractivity contribution >= 4 is 29.3 Å². The Balaban J connectivity index is 2.31. The molecule has 0 saturated heterocycles. The number of ether oxygens (including phenoxy) is 1. The molecule has 1 N–H and O–H groups in total. The summed E-state index contributed by atoms with van der Waals surface area (Å²) in [7, 11) is 0. The monoisotopic (exact) mass is 295 g/mol. The lowest BCUT2D eigenvalue weighted by atomic mass is 10.3. The second kappa shape index (κ2) is 5.95. The summed E-state index contributed by atoms with van der Waals surface area (Å²) < 4.78 is 5.61. The van der Waals surface area contributed by atoms with E-state index in [0.717, 1.165) is 4.90 Å². The molecule has 0 unspecified atom stereocenters. The Bertz CT molecular complexity index is 619. The van der Waals surface area contributed by atoms with Crippen molar-refractivity contribution in [3.63, 3.8) is 0 Å². The summed E-state index contributed by atoms with van der Waals surface area (Å²) in [6.45, 7) is 0. The van der Waals surface area contributed by atoms with Crippen LogP contribution in [0.2, 0.25) is 5.02 Å². The summed E-state index contributed by atoms with van der Waals surface area (Å²) in [5.74, 6) is -0.258. The molecule has 0 spiro atoms. The van der Waals surface area contributed by atoms with Crippen molar-refractivity contribution in [3.8, 4) is 11.6 Å². The normalized spacial score (nSPS) is 10.2. The van der Waals surface area contributed by atoms with E-state index < -0.39 is 5.97 Å². The maximum absolute atomic E-state index is 10.8. The van der Waals surface area contributed by atoms with Crippen LogP contribution < -0.4 is 4.74 Å². The van der Waals surface area contributed by atoms with E-state index in [9.17, 15) is 4.79 Å². The van der Waals surface area contributed by atoms with Crippen LogP contribution in [0.15, 0.2) is 41.4 Å². The Labute approximate surface area is 119 Å². The second-order valence-electron chi connectivity index (χ2n) is 3.57. The molecule has 2 rings (SSSR count). The Morgan fingerprint density at radius 3 is 2.79 bits per heavy atom. The summed E-state index contributed by atoms with van der Waals surface area (Å²) >= 11 is 7.50. The van der Waals surface area contributed by atoms with Crippen molar-refractivity contribution in [1.29, 1.82) is 0 Å². The Morgan fingerprint density at radius 2 is 2.16 bits per heavy atom. The third-order valence-corrected chi connectivity index (χ3v) is 3.38. The zero-order chi connectivity index (χ0) is 13.8. The average Bonchev–Trinajstić information content (AvgIpc) is 2.41. The summed E-state index contributed by atoms with van der Waals surface area (Å²) in [4.78, 5) is 15.7. The van der Waals surface area contributed by atoms with E-state index in [-0.39, 0.29) is 16.5 Å². The first-order valence-electron chi connectivity index (χ1n) is 5.31. The zero-order valence-electron chi connectivity index (χ0n) is 9.96. The van der Waals surface area contributed by atoms with E-state index in [2.05, 4.69) is 4.98 Å². The lowest BCUT2D eigenvalue weighted by molar-refractivity contribution is 0.0696. The largest absolute Gasteiger partial charge is 0.478 e. The molecule has 1 aromatic carbocycles. The molecule has 1 aromatic heterocycles. The van der Waals surface area contributed by atoms with Gasteiger partial charge in [0.15, 0.2) is 0 Å². The molecule has 0 fully saturated rings. The maximum atomic E-state index is 10.8. The molecule has 0 aliphatic carbocycles. The predicted molar refractivity (Wildman–Crippen MR) is 74.5 cm³/mol. The molecule has 19 heavy (non-hydrogen) atoms. The maximum Gasteiger partial charge on any atom is 0.337 e. The van der Waals surface area contributed by atoms with Gasteiger partial charge in [0.1, 0.15) is 10.8 Å². The fourth-order valence-electron chi connectivity index (χ4n) is 1.42. The van der Waals surface area contributed by atoms with Crippen LogP contribution in [0.4, 0.5) is 0 Å². The molecule has 0 atom stereocenters. The molecule has 0 aliphatic heterocycles. The summed E-state index contributed by atoms with van der Waals surface area (Å²) in [5, 5.41) is 8.99. The number of benzene rings is 1. The Morgan fingerprint density at radius 1 is 1.42 bits per heavy atom. The first kappa shape index (κ1) is 13.7. The van der Waals surface area contributed by atoms with Crippen LogP contribution in [0.1, 0.15) is 10.4 Å². The van der Waals surface area contributed by atoms with Crippen molar-refractivity contribution in [2.24, 2.45) is 0 Å².